The Bertz CT molecular complexity index is 985. The quantitative estimate of drug-likeness (QED) is 0.117. The number of hydrogen-bond donors (Lipinski definition) is 0. The highest BCUT2D eigenvalue weighted by atomic mass is 16.7. The van der Waals surface area contributed by atoms with Gasteiger partial charge in [-0.3, -0.25) is 9.59 Å². The standard InChI is InChI=1S/C31H47NO6/c1-9-32(10-2)31(34)27-19-29(37-21-35-7)26(30(28(27)20-33)38-22-36-8)18-17-25(6)16-12-15-24(5)14-11-13-23(3)4/h13,15,17,19-20H,9-12,14,16,18,21-22H2,1-8H3/b24-15+,25-17+. The molecule has 0 aliphatic rings. The van der Waals surface area contributed by atoms with Crippen molar-refractivity contribution >= 4 is 12.2 Å². The number of methoxy groups -OCH3 is 2. The zero-order chi connectivity index (χ0) is 28.5. The van der Waals surface area contributed by atoms with E-state index in [0.717, 1.165) is 25.7 Å². The fraction of sp³-hybridized carbons (Fsp3) is 0.548. The van der Waals surface area contributed by atoms with Crippen LogP contribution in [0.4, 0.5) is 0 Å². The van der Waals surface area contributed by atoms with Crippen molar-refractivity contribution in [3.05, 3.63) is 57.7 Å². The predicted molar refractivity (Wildman–Crippen MR) is 153 cm³/mol. The lowest BCUT2D eigenvalue weighted by Crippen LogP contribution is -2.31. The summed E-state index contributed by atoms with van der Waals surface area (Å²) in [4.78, 5) is 27.2. The van der Waals surface area contributed by atoms with Crippen LogP contribution in [0.25, 0.3) is 0 Å². The predicted octanol–water partition coefficient (Wildman–Crippen LogP) is 6.91. The molecule has 0 saturated heterocycles. The molecular formula is C31H47NO6. The Labute approximate surface area is 229 Å². The summed E-state index contributed by atoms with van der Waals surface area (Å²) in [6, 6.07) is 1.63. The molecule has 1 amide bonds. The number of aldehydes is 1. The number of benzene rings is 1. The van der Waals surface area contributed by atoms with Crippen LogP contribution in [-0.2, 0) is 15.9 Å². The van der Waals surface area contributed by atoms with E-state index in [-0.39, 0.29) is 30.6 Å². The van der Waals surface area contributed by atoms with Gasteiger partial charge in [0.05, 0.1) is 11.1 Å². The molecule has 0 heterocycles. The molecule has 212 valence electrons. The van der Waals surface area contributed by atoms with E-state index in [4.69, 9.17) is 18.9 Å². The van der Waals surface area contributed by atoms with Crippen molar-refractivity contribution in [2.45, 2.75) is 73.6 Å². The Morgan fingerprint density at radius 2 is 1.45 bits per heavy atom. The van der Waals surface area contributed by atoms with Gasteiger partial charge in [-0.15, -0.1) is 0 Å². The van der Waals surface area contributed by atoms with Crippen LogP contribution < -0.4 is 9.47 Å². The minimum atomic E-state index is -0.258. The number of carbonyl (C=O) groups is 2. The Morgan fingerprint density at radius 1 is 0.868 bits per heavy atom. The van der Waals surface area contributed by atoms with Crippen molar-refractivity contribution in [2.24, 2.45) is 0 Å². The monoisotopic (exact) mass is 529 g/mol. The fourth-order valence-electron chi connectivity index (χ4n) is 4.01. The van der Waals surface area contributed by atoms with E-state index in [2.05, 4.69) is 45.9 Å². The second-order valence-electron chi connectivity index (χ2n) is 9.50. The number of rotatable bonds is 18. The third kappa shape index (κ3) is 10.8. The van der Waals surface area contributed by atoms with Gasteiger partial charge in [0.1, 0.15) is 11.5 Å². The van der Waals surface area contributed by atoms with Gasteiger partial charge in [-0.2, -0.15) is 0 Å². The van der Waals surface area contributed by atoms with Gasteiger partial charge >= 0.3 is 0 Å². The summed E-state index contributed by atoms with van der Waals surface area (Å²) in [5, 5.41) is 0. The largest absolute Gasteiger partial charge is 0.467 e. The maximum atomic E-state index is 13.3. The van der Waals surface area contributed by atoms with E-state index in [9.17, 15) is 9.59 Å². The lowest BCUT2D eigenvalue weighted by molar-refractivity contribution is 0.0440. The van der Waals surface area contributed by atoms with E-state index in [1.54, 1.807) is 11.0 Å². The molecule has 7 nitrogen and oxygen atoms in total. The number of allylic oxidation sites excluding steroid dienone is 6. The second kappa shape index (κ2) is 18.4. The van der Waals surface area contributed by atoms with Gasteiger partial charge in [0, 0.05) is 32.9 Å². The van der Waals surface area contributed by atoms with Crippen LogP contribution in [0.2, 0.25) is 0 Å². The second-order valence-corrected chi connectivity index (χ2v) is 9.50. The summed E-state index contributed by atoms with van der Waals surface area (Å²) in [7, 11) is 3.04. The Morgan fingerprint density at radius 3 is 2.00 bits per heavy atom. The van der Waals surface area contributed by atoms with Crippen LogP contribution in [0.15, 0.2) is 41.0 Å². The Balaban J connectivity index is 3.33. The molecule has 0 atom stereocenters. The van der Waals surface area contributed by atoms with Gasteiger partial charge < -0.3 is 23.8 Å². The highest BCUT2D eigenvalue weighted by Crippen LogP contribution is 2.36. The minimum Gasteiger partial charge on any atom is -0.467 e. The molecular weight excluding hydrogens is 482 g/mol. The van der Waals surface area contributed by atoms with Crippen LogP contribution in [0.5, 0.6) is 11.5 Å². The molecule has 0 unspecified atom stereocenters. The molecule has 0 aliphatic carbocycles. The zero-order valence-electron chi connectivity index (χ0n) is 24.6. The van der Waals surface area contributed by atoms with Crippen LogP contribution in [-0.4, -0.2) is 58.0 Å². The molecule has 0 fully saturated rings. The molecule has 1 aromatic rings. The van der Waals surface area contributed by atoms with E-state index in [1.165, 1.54) is 30.9 Å². The fourth-order valence-corrected chi connectivity index (χ4v) is 4.01. The van der Waals surface area contributed by atoms with Gasteiger partial charge in [0.2, 0.25) is 0 Å². The molecule has 7 heteroatoms. The first kappa shape index (κ1) is 33.1. The van der Waals surface area contributed by atoms with Crippen molar-refractivity contribution in [3.63, 3.8) is 0 Å². The number of carbonyl (C=O) groups excluding carboxylic acids is 2. The van der Waals surface area contributed by atoms with Crippen molar-refractivity contribution in [3.8, 4) is 11.5 Å². The van der Waals surface area contributed by atoms with E-state index < -0.39 is 0 Å². The van der Waals surface area contributed by atoms with E-state index in [1.807, 2.05) is 13.8 Å². The molecule has 1 rings (SSSR count). The van der Waals surface area contributed by atoms with Gasteiger partial charge in [0.15, 0.2) is 19.9 Å². The number of nitrogens with zero attached hydrogens (tertiary/aromatic N) is 1. The maximum Gasteiger partial charge on any atom is 0.254 e. The molecule has 0 spiro atoms. The maximum absolute atomic E-state index is 13.3. The zero-order valence-corrected chi connectivity index (χ0v) is 24.6. The highest BCUT2D eigenvalue weighted by Gasteiger charge is 2.25. The minimum absolute atomic E-state index is 0.00440. The lowest BCUT2D eigenvalue weighted by atomic mass is 9.97. The number of amides is 1. The topological polar surface area (TPSA) is 74.3 Å². The summed E-state index contributed by atoms with van der Waals surface area (Å²) in [5.41, 5.74) is 5.06. The molecule has 1 aromatic carbocycles. The Hall–Kier alpha value is -2.90. The van der Waals surface area contributed by atoms with Crippen molar-refractivity contribution < 1.29 is 28.5 Å². The van der Waals surface area contributed by atoms with Crippen molar-refractivity contribution in [1.29, 1.82) is 0 Å². The first-order valence-electron chi connectivity index (χ1n) is 13.4. The Kier molecular flexibility index (Phi) is 16.0. The first-order chi connectivity index (χ1) is 18.2. The van der Waals surface area contributed by atoms with Crippen LogP contribution in [0.1, 0.15) is 93.5 Å². The molecule has 38 heavy (non-hydrogen) atoms. The van der Waals surface area contributed by atoms with E-state index in [0.29, 0.717) is 42.9 Å². The summed E-state index contributed by atoms with van der Waals surface area (Å²) >= 11 is 0. The van der Waals surface area contributed by atoms with Gasteiger partial charge in [-0.1, -0.05) is 34.9 Å². The van der Waals surface area contributed by atoms with Crippen molar-refractivity contribution in [2.75, 3.05) is 40.9 Å². The molecule has 0 N–H and O–H groups in total. The van der Waals surface area contributed by atoms with Crippen LogP contribution in [0.3, 0.4) is 0 Å². The van der Waals surface area contributed by atoms with Gasteiger partial charge in [-0.25, -0.2) is 0 Å². The molecule has 0 aromatic heterocycles. The third-order valence-corrected chi connectivity index (χ3v) is 6.21. The van der Waals surface area contributed by atoms with Crippen molar-refractivity contribution in [1.82, 2.24) is 4.90 Å². The normalized spacial score (nSPS) is 11.8. The lowest BCUT2D eigenvalue weighted by Gasteiger charge is -2.23. The highest BCUT2D eigenvalue weighted by molar-refractivity contribution is 6.04. The SMILES string of the molecule is CCN(CC)C(=O)c1cc(OCOC)c(C/C=C(\C)CC/C=C(\C)CCC=C(C)C)c(OCOC)c1C=O. The summed E-state index contributed by atoms with van der Waals surface area (Å²) in [6.07, 6.45) is 11.8. The summed E-state index contributed by atoms with van der Waals surface area (Å²) in [6.45, 7) is 13.3. The summed E-state index contributed by atoms with van der Waals surface area (Å²) < 4.78 is 22.0. The van der Waals surface area contributed by atoms with Gasteiger partial charge in [-0.05, 0) is 79.7 Å². The third-order valence-electron chi connectivity index (χ3n) is 6.21. The smallest absolute Gasteiger partial charge is 0.254 e. The number of ether oxygens (including phenoxy) is 4. The van der Waals surface area contributed by atoms with Crippen LogP contribution in [0, 0.1) is 0 Å². The summed E-state index contributed by atoms with van der Waals surface area (Å²) in [5.74, 6) is 0.481. The average molecular weight is 530 g/mol. The molecule has 0 aliphatic heterocycles. The van der Waals surface area contributed by atoms with Crippen LogP contribution >= 0.6 is 0 Å². The number of hydrogen-bond acceptors (Lipinski definition) is 6. The molecule has 0 bridgehead atoms. The average Bonchev–Trinajstić information content (AvgIpc) is 2.89. The molecule has 0 saturated carbocycles. The molecule has 0 radical (unpaired) electrons. The van der Waals surface area contributed by atoms with E-state index >= 15 is 0 Å². The first-order valence-corrected chi connectivity index (χ1v) is 13.4. The van der Waals surface area contributed by atoms with Gasteiger partial charge in [0.25, 0.3) is 5.91 Å².